The summed E-state index contributed by atoms with van der Waals surface area (Å²) in [5, 5.41) is 7.76. The van der Waals surface area contributed by atoms with Crippen LogP contribution >= 0.6 is 15.9 Å². The molecule has 2 rings (SSSR count). The predicted molar refractivity (Wildman–Crippen MR) is 84.2 cm³/mol. The van der Waals surface area contributed by atoms with Crippen LogP contribution in [-0.2, 0) is 6.54 Å². The number of aromatic nitrogens is 2. The van der Waals surface area contributed by atoms with E-state index >= 15 is 0 Å². The molecule has 20 heavy (non-hydrogen) atoms. The van der Waals surface area contributed by atoms with Gasteiger partial charge in [-0.2, -0.15) is 5.10 Å². The monoisotopic (exact) mass is 337 g/mol. The Kier molecular flexibility index (Phi) is 4.83. The lowest BCUT2D eigenvalue weighted by Gasteiger charge is -2.21. The summed E-state index contributed by atoms with van der Waals surface area (Å²) in [6.07, 6.45) is 1.78. The van der Waals surface area contributed by atoms with Crippen LogP contribution in [0.5, 0.6) is 5.75 Å². The fraction of sp³-hybridized carbons (Fsp3) is 0.400. The van der Waals surface area contributed by atoms with Gasteiger partial charge in [-0.05, 0) is 44.2 Å². The van der Waals surface area contributed by atoms with Crippen LogP contribution in [0.2, 0.25) is 0 Å². The van der Waals surface area contributed by atoms with E-state index in [-0.39, 0.29) is 6.04 Å². The topological polar surface area (TPSA) is 39.1 Å². The molecular weight excluding hydrogens is 318 g/mol. The first-order valence-corrected chi connectivity index (χ1v) is 7.44. The molecule has 0 aliphatic heterocycles. The third kappa shape index (κ3) is 2.74. The van der Waals surface area contributed by atoms with Crippen LogP contribution < -0.4 is 10.1 Å². The van der Waals surface area contributed by atoms with Crippen molar-refractivity contribution in [2.75, 3.05) is 14.2 Å². The summed E-state index contributed by atoms with van der Waals surface area (Å²) in [4.78, 5) is 0. The zero-order valence-corrected chi connectivity index (χ0v) is 13.9. The van der Waals surface area contributed by atoms with Gasteiger partial charge in [0.1, 0.15) is 5.69 Å². The van der Waals surface area contributed by atoms with Crippen molar-refractivity contribution in [1.82, 2.24) is 15.1 Å². The number of hydrogen-bond acceptors (Lipinski definition) is 3. The minimum absolute atomic E-state index is 0.0560. The molecule has 108 valence electrons. The first-order chi connectivity index (χ1) is 9.62. The summed E-state index contributed by atoms with van der Waals surface area (Å²) >= 11 is 3.51. The molecule has 2 aromatic rings. The highest BCUT2D eigenvalue weighted by atomic mass is 79.9. The Morgan fingerprint density at radius 3 is 2.75 bits per heavy atom. The lowest BCUT2D eigenvalue weighted by atomic mass is 9.98. The predicted octanol–water partition coefficient (Wildman–Crippen LogP) is 3.29. The summed E-state index contributed by atoms with van der Waals surface area (Å²) < 4.78 is 8.52. The SMILES string of the molecule is CCn1ncc(OC)c1C(NC)c1ccc(Br)cc1C. The van der Waals surface area contributed by atoms with Gasteiger partial charge < -0.3 is 10.1 Å². The number of hydrogen-bond donors (Lipinski definition) is 1. The van der Waals surface area contributed by atoms with Gasteiger partial charge in [0.2, 0.25) is 0 Å². The van der Waals surface area contributed by atoms with E-state index in [1.807, 2.05) is 11.7 Å². The van der Waals surface area contributed by atoms with Crippen molar-refractivity contribution in [1.29, 1.82) is 0 Å². The molecule has 0 saturated carbocycles. The maximum atomic E-state index is 5.46. The van der Waals surface area contributed by atoms with Gasteiger partial charge in [-0.1, -0.05) is 22.0 Å². The largest absolute Gasteiger partial charge is 0.493 e. The molecular formula is C15H20BrN3O. The maximum absolute atomic E-state index is 5.46. The minimum atomic E-state index is 0.0560. The molecule has 0 fully saturated rings. The fourth-order valence-corrected chi connectivity index (χ4v) is 2.96. The highest BCUT2D eigenvalue weighted by Crippen LogP contribution is 2.32. The highest BCUT2D eigenvalue weighted by molar-refractivity contribution is 9.10. The van der Waals surface area contributed by atoms with Crippen LogP contribution in [0.1, 0.15) is 29.8 Å². The first-order valence-electron chi connectivity index (χ1n) is 6.65. The molecule has 0 aliphatic carbocycles. The van der Waals surface area contributed by atoms with Crippen LogP contribution in [-0.4, -0.2) is 23.9 Å². The number of rotatable bonds is 5. The number of nitrogens with one attached hydrogen (secondary N) is 1. The van der Waals surface area contributed by atoms with E-state index in [0.717, 1.165) is 22.5 Å². The third-order valence-corrected chi connectivity index (χ3v) is 3.96. The van der Waals surface area contributed by atoms with Gasteiger partial charge in [0.25, 0.3) is 0 Å². The van der Waals surface area contributed by atoms with E-state index in [9.17, 15) is 0 Å². The van der Waals surface area contributed by atoms with E-state index in [2.05, 4.69) is 58.4 Å². The summed E-state index contributed by atoms with van der Waals surface area (Å²) in [6, 6.07) is 6.37. The zero-order valence-electron chi connectivity index (χ0n) is 12.3. The molecule has 0 aliphatic rings. The smallest absolute Gasteiger partial charge is 0.161 e. The van der Waals surface area contributed by atoms with Crippen molar-refractivity contribution < 1.29 is 4.74 Å². The minimum Gasteiger partial charge on any atom is -0.493 e. The van der Waals surface area contributed by atoms with Crippen LogP contribution in [0.4, 0.5) is 0 Å². The lowest BCUT2D eigenvalue weighted by Crippen LogP contribution is -2.22. The average molecular weight is 338 g/mol. The third-order valence-electron chi connectivity index (χ3n) is 3.47. The molecule has 1 N–H and O–H groups in total. The van der Waals surface area contributed by atoms with Crippen LogP contribution in [0.15, 0.2) is 28.9 Å². The van der Waals surface area contributed by atoms with Gasteiger partial charge in [-0.15, -0.1) is 0 Å². The molecule has 0 spiro atoms. The fourth-order valence-electron chi connectivity index (χ4n) is 2.48. The average Bonchev–Trinajstić information content (AvgIpc) is 2.85. The molecule has 4 nitrogen and oxygen atoms in total. The van der Waals surface area contributed by atoms with Crippen molar-refractivity contribution in [2.45, 2.75) is 26.4 Å². The number of halogens is 1. The molecule has 1 atom stereocenters. The second-order valence-electron chi connectivity index (χ2n) is 4.64. The van der Waals surface area contributed by atoms with E-state index in [4.69, 9.17) is 4.74 Å². The van der Waals surface area contributed by atoms with Gasteiger partial charge in [0, 0.05) is 11.0 Å². The second-order valence-corrected chi connectivity index (χ2v) is 5.55. The van der Waals surface area contributed by atoms with Gasteiger partial charge in [-0.3, -0.25) is 4.68 Å². The Balaban J connectivity index is 2.54. The van der Waals surface area contributed by atoms with Crippen molar-refractivity contribution in [3.63, 3.8) is 0 Å². The summed E-state index contributed by atoms with van der Waals surface area (Å²) in [7, 11) is 3.64. The number of nitrogens with zero attached hydrogens (tertiary/aromatic N) is 2. The molecule has 1 aromatic carbocycles. The van der Waals surface area contributed by atoms with Gasteiger partial charge in [0.05, 0.1) is 19.3 Å². The van der Waals surface area contributed by atoms with Gasteiger partial charge in [-0.25, -0.2) is 0 Å². The Labute approximate surface area is 128 Å². The zero-order chi connectivity index (χ0) is 14.7. The molecule has 0 radical (unpaired) electrons. The number of aryl methyl sites for hydroxylation is 2. The summed E-state index contributed by atoms with van der Waals surface area (Å²) in [5.41, 5.74) is 3.51. The molecule has 5 heteroatoms. The lowest BCUT2D eigenvalue weighted by molar-refractivity contribution is 0.401. The van der Waals surface area contributed by atoms with E-state index in [0.29, 0.717) is 0 Å². The molecule has 1 heterocycles. The van der Waals surface area contributed by atoms with E-state index < -0.39 is 0 Å². The van der Waals surface area contributed by atoms with Crippen molar-refractivity contribution in [3.05, 3.63) is 45.7 Å². The van der Waals surface area contributed by atoms with Gasteiger partial charge >= 0.3 is 0 Å². The number of benzene rings is 1. The molecule has 0 bridgehead atoms. The maximum Gasteiger partial charge on any atom is 0.161 e. The Morgan fingerprint density at radius 2 is 2.20 bits per heavy atom. The number of methoxy groups -OCH3 is 1. The van der Waals surface area contributed by atoms with Gasteiger partial charge in [0.15, 0.2) is 5.75 Å². The Morgan fingerprint density at radius 1 is 1.45 bits per heavy atom. The van der Waals surface area contributed by atoms with E-state index in [1.54, 1.807) is 13.3 Å². The van der Waals surface area contributed by atoms with Crippen LogP contribution in [0, 0.1) is 6.92 Å². The quantitative estimate of drug-likeness (QED) is 0.909. The van der Waals surface area contributed by atoms with Crippen LogP contribution in [0.3, 0.4) is 0 Å². The second kappa shape index (κ2) is 6.41. The normalized spacial score (nSPS) is 12.4. The summed E-state index contributed by atoms with van der Waals surface area (Å²) in [6.45, 7) is 5.01. The van der Waals surface area contributed by atoms with Crippen molar-refractivity contribution in [3.8, 4) is 5.75 Å². The Hall–Kier alpha value is -1.33. The standard InChI is InChI=1S/C15H20BrN3O/c1-5-19-15(13(20-4)9-18-19)14(17-3)12-7-6-11(16)8-10(12)2/h6-9,14,17H,5H2,1-4H3. The molecule has 1 aromatic heterocycles. The van der Waals surface area contributed by atoms with Crippen molar-refractivity contribution in [2.24, 2.45) is 0 Å². The molecule has 0 amide bonds. The first kappa shape index (κ1) is 15.1. The van der Waals surface area contributed by atoms with Crippen molar-refractivity contribution >= 4 is 15.9 Å². The Bertz CT molecular complexity index is 573. The highest BCUT2D eigenvalue weighted by Gasteiger charge is 2.23. The summed E-state index contributed by atoms with van der Waals surface area (Å²) in [5.74, 6) is 0.813. The number of ether oxygens (including phenoxy) is 1. The van der Waals surface area contributed by atoms with E-state index in [1.165, 1.54) is 11.1 Å². The molecule has 1 unspecified atom stereocenters. The van der Waals surface area contributed by atoms with Crippen LogP contribution in [0.25, 0.3) is 0 Å². The molecule has 0 saturated heterocycles.